The van der Waals surface area contributed by atoms with E-state index in [1.165, 1.54) is 13.2 Å². The summed E-state index contributed by atoms with van der Waals surface area (Å²) in [7, 11) is 1.36. The van der Waals surface area contributed by atoms with Crippen LogP contribution >= 0.6 is 0 Å². The number of allylic oxidation sites excluding steroid dienone is 10. The van der Waals surface area contributed by atoms with Gasteiger partial charge in [0.2, 0.25) is 0 Å². The summed E-state index contributed by atoms with van der Waals surface area (Å²) in [5.74, 6) is -0.273. The number of hydrogen-bond donors (Lipinski definition) is 1. The fraction of sp³-hybridized carbons (Fsp3) is 0.417. The molecule has 0 aromatic heterocycles. The van der Waals surface area contributed by atoms with Gasteiger partial charge in [0.25, 0.3) is 0 Å². The fourth-order valence-electron chi connectivity index (χ4n) is 2.07. The van der Waals surface area contributed by atoms with E-state index in [1.54, 1.807) is 49.5 Å². The van der Waals surface area contributed by atoms with E-state index in [0.717, 1.165) is 12.8 Å². The third-order valence-electron chi connectivity index (χ3n) is 3.67. The summed E-state index contributed by atoms with van der Waals surface area (Å²) in [6.07, 6.45) is 25.7. The number of hydrogen-bond acceptors (Lipinski definition) is 4. The maximum absolute atomic E-state index is 11.7. The van der Waals surface area contributed by atoms with E-state index in [0.29, 0.717) is 25.7 Å². The minimum atomic E-state index is -0.899. The first-order valence-electron chi connectivity index (χ1n) is 9.71. The predicted molar refractivity (Wildman–Crippen MR) is 116 cm³/mol. The van der Waals surface area contributed by atoms with Gasteiger partial charge in [-0.05, 0) is 38.7 Å². The van der Waals surface area contributed by atoms with Crippen LogP contribution < -0.4 is 0 Å². The normalized spacial score (nSPS) is 15.0. The van der Waals surface area contributed by atoms with Gasteiger partial charge in [0.1, 0.15) is 0 Å². The molecule has 0 aliphatic carbocycles. The molecule has 0 aromatic carbocycles. The Morgan fingerprint density at radius 2 is 1.68 bits per heavy atom. The van der Waals surface area contributed by atoms with E-state index in [2.05, 4.69) is 23.8 Å². The van der Waals surface area contributed by atoms with Crippen LogP contribution in [0.3, 0.4) is 0 Å². The zero-order valence-electron chi connectivity index (χ0n) is 17.3. The molecule has 0 bridgehead atoms. The summed E-state index contributed by atoms with van der Waals surface area (Å²) < 4.78 is 4.54. The van der Waals surface area contributed by atoms with Gasteiger partial charge < -0.3 is 9.84 Å². The van der Waals surface area contributed by atoms with Crippen LogP contribution in [0.5, 0.6) is 0 Å². The molecule has 0 radical (unpaired) electrons. The number of methoxy groups -OCH3 is 1. The molecule has 0 heterocycles. The fourth-order valence-corrected chi connectivity index (χ4v) is 2.07. The van der Waals surface area contributed by atoms with Crippen molar-refractivity contribution in [1.82, 2.24) is 0 Å². The summed E-state index contributed by atoms with van der Waals surface area (Å²) >= 11 is 0. The molecule has 0 aliphatic rings. The van der Waals surface area contributed by atoms with Gasteiger partial charge in [-0.25, -0.2) is 0 Å². The van der Waals surface area contributed by atoms with Crippen molar-refractivity contribution in [2.75, 3.05) is 7.11 Å². The Hall–Kier alpha value is -2.46. The molecule has 0 saturated heterocycles. The smallest absolute Gasteiger partial charge is 0.305 e. The maximum Gasteiger partial charge on any atom is 0.305 e. The van der Waals surface area contributed by atoms with Crippen LogP contribution in [0, 0.1) is 0 Å². The summed E-state index contributed by atoms with van der Waals surface area (Å²) in [4.78, 5) is 22.6. The highest BCUT2D eigenvalue weighted by Crippen LogP contribution is 2.12. The van der Waals surface area contributed by atoms with Crippen LogP contribution in [0.2, 0.25) is 0 Å². The maximum atomic E-state index is 11.7. The number of ether oxygens (including phenoxy) is 1. The molecule has 4 nitrogen and oxygen atoms in total. The molecule has 28 heavy (non-hydrogen) atoms. The van der Waals surface area contributed by atoms with E-state index < -0.39 is 5.60 Å². The number of rotatable bonds is 14. The van der Waals surface area contributed by atoms with Crippen molar-refractivity contribution in [3.63, 3.8) is 0 Å². The Labute approximate surface area is 169 Å². The van der Waals surface area contributed by atoms with Crippen LogP contribution in [0.15, 0.2) is 72.9 Å². The molecule has 154 valence electrons. The topological polar surface area (TPSA) is 63.6 Å². The Morgan fingerprint density at radius 1 is 0.964 bits per heavy atom. The van der Waals surface area contributed by atoms with E-state index in [9.17, 15) is 14.7 Å². The molecule has 0 aromatic rings. The third-order valence-corrected chi connectivity index (χ3v) is 3.67. The Bertz CT molecular complexity index is 617. The largest absolute Gasteiger partial charge is 0.469 e. The van der Waals surface area contributed by atoms with Gasteiger partial charge in [-0.15, -0.1) is 0 Å². The van der Waals surface area contributed by atoms with Crippen molar-refractivity contribution in [3.8, 4) is 0 Å². The average Bonchev–Trinajstić information content (AvgIpc) is 2.66. The molecule has 1 atom stereocenters. The predicted octanol–water partition coefficient (Wildman–Crippen LogP) is 5.18. The second-order valence-corrected chi connectivity index (χ2v) is 6.51. The van der Waals surface area contributed by atoms with Crippen LogP contribution in [-0.4, -0.2) is 29.6 Å². The summed E-state index contributed by atoms with van der Waals surface area (Å²) in [5, 5.41) is 10.3. The van der Waals surface area contributed by atoms with Crippen LogP contribution in [0.1, 0.15) is 52.4 Å². The van der Waals surface area contributed by atoms with E-state index in [-0.39, 0.29) is 11.8 Å². The summed E-state index contributed by atoms with van der Waals surface area (Å²) in [6, 6.07) is 0. The minimum Gasteiger partial charge on any atom is -0.469 e. The zero-order valence-corrected chi connectivity index (χ0v) is 17.3. The molecule has 0 fully saturated rings. The molecule has 0 spiro atoms. The summed E-state index contributed by atoms with van der Waals surface area (Å²) in [6.45, 7) is 3.86. The van der Waals surface area contributed by atoms with Crippen molar-refractivity contribution in [1.29, 1.82) is 0 Å². The Balaban J connectivity index is 4.12. The van der Waals surface area contributed by atoms with Gasteiger partial charge in [0.15, 0.2) is 5.78 Å². The Kier molecular flexibility index (Phi) is 15.2. The average molecular weight is 387 g/mol. The lowest BCUT2D eigenvalue weighted by Gasteiger charge is -2.15. The molecular formula is C24H34O4. The molecule has 0 rings (SSSR count). The third kappa shape index (κ3) is 17.0. The van der Waals surface area contributed by atoms with Crippen molar-refractivity contribution >= 4 is 11.8 Å². The van der Waals surface area contributed by atoms with Gasteiger partial charge in [-0.2, -0.15) is 0 Å². The van der Waals surface area contributed by atoms with E-state index in [4.69, 9.17) is 0 Å². The van der Waals surface area contributed by atoms with Gasteiger partial charge in [0, 0.05) is 12.8 Å². The summed E-state index contributed by atoms with van der Waals surface area (Å²) in [5.41, 5.74) is -0.899. The second kappa shape index (κ2) is 16.7. The number of carbonyl (C=O) groups is 2. The number of carbonyl (C=O) groups excluding carboxylic acids is 2. The van der Waals surface area contributed by atoms with Crippen LogP contribution in [0.25, 0.3) is 0 Å². The monoisotopic (exact) mass is 386 g/mol. The molecular weight excluding hydrogens is 352 g/mol. The number of esters is 1. The second-order valence-electron chi connectivity index (χ2n) is 6.51. The van der Waals surface area contributed by atoms with E-state index in [1.807, 2.05) is 12.2 Å². The molecule has 1 N–H and O–H groups in total. The highest BCUT2D eigenvalue weighted by Gasteiger charge is 2.12. The highest BCUT2D eigenvalue weighted by atomic mass is 16.5. The first kappa shape index (κ1) is 25.5. The van der Waals surface area contributed by atoms with Crippen LogP contribution in [-0.2, 0) is 14.3 Å². The van der Waals surface area contributed by atoms with Crippen molar-refractivity contribution in [2.45, 2.75) is 58.0 Å². The zero-order chi connectivity index (χ0) is 21.1. The molecule has 1 unspecified atom stereocenters. The lowest BCUT2D eigenvalue weighted by Crippen LogP contribution is -2.18. The molecule has 0 aliphatic heterocycles. The van der Waals surface area contributed by atoms with Crippen molar-refractivity contribution in [2.24, 2.45) is 0 Å². The minimum absolute atomic E-state index is 0.0165. The van der Waals surface area contributed by atoms with Crippen molar-refractivity contribution in [3.05, 3.63) is 72.9 Å². The van der Waals surface area contributed by atoms with E-state index >= 15 is 0 Å². The van der Waals surface area contributed by atoms with Gasteiger partial charge >= 0.3 is 5.97 Å². The quantitative estimate of drug-likeness (QED) is 0.193. The van der Waals surface area contributed by atoms with Crippen LogP contribution in [0.4, 0.5) is 0 Å². The van der Waals surface area contributed by atoms with Gasteiger partial charge in [-0.1, -0.05) is 73.8 Å². The standard InChI is InChI=1S/C24H34O4/c1-4-5-6-7-9-15-20-24(2,27)21-16-10-8-12-17-22(25)18-13-11-14-19-23(26)28-3/h5-6,8-13,15-17,21,27H,4,7,14,18-20H2,1-3H3/b6-5-,10-8+,13-11-,15-9-,17-12+,21-16-. The number of aliphatic hydroxyl groups is 1. The van der Waals surface area contributed by atoms with Gasteiger partial charge in [-0.3, -0.25) is 9.59 Å². The first-order valence-corrected chi connectivity index (χ1v) is 9.71. The SMILES string of the molecule is CC/C=C\C/C=C\CC(C)(O)\C=C/C=C/C=C/C(=O)C/C=C\CCC(=O)OC. The lowest BCUT2D eigenvalue weighted by molar-refractivity contribution is -0.140. The molecule has 0 saturated carbocycles. The first-order chi connectivity index (χ1) is 13.4. The molecule has 4 heteroatoms. The lowest BCUT2D eigenvalue weighted by atomic mass is 10.0. The van der Waals surface area contributed by atoms with Gasteiger partial charge in [0.05, 0.1) is 12.7 Å². The van der Waals surface area contributed by atoms with Crippen molar-refractivity contribution < 1.29 is 19.4 Å². The number of ketones is 1. The molecule has 0 amide bonds. The highest BCUT2D eigenvalue weighted by molar-refractivity contribution is 5.90. The Morgan fingerprint density at radius 3 is 2.39 bits per heavy atom.